The molecule has 2 aliphatic rings. The molecule has 1 saturated carbocycles. The molecule has 3 unspecified atom stereocenters. The van der Waals surface area contributed by atoms with Gasteiger partial charge in [-0.3, -0.25) is 4.79 Å². The maximum Gasteiger partial charge on any atom is 0.240 e. The number of carbonyl (C=O) groups is 1. The topological polar surface area (TPSA) is 67.6 Å². The van der Waals surface area contributed by atoms with E-state index in [-0.39, 0.29) is 42.2 Å². The smallest absolute Gasteiger partial charge is 0.240 e. The van der Waals surface area contributed by atoms with Crippen LogP contribution in [0.25, 0.3) is 0 Å². The summed E-state index contributed by atoms with van der Waals surface area (Å²) in [7, 11) is 2.11. The fraction of sp³-hybridized carbons (Fsp3) is 0.933. The van der Waals surface area contributed by atoms with Crippen molar-refractivity contribution in [1.82, 2.24) is 10.2 Å². The number of nitrogens with one attached hydrogen (secondary N) is 1. The molecule has 22 heavy (non-hydrogen) atoms. The third-order valence-electron chi connectivity index (χ3n) is 5.40. The van der Waals surface area contributed by atoms with Crippen LogP contribution in [0.2, 0.25) is 0 Å². The molecule has 3 N–H and O–H groups in total. The summed E-state index contributed by atoms with van der Waals surface area (Å²) in [6.45, 7) is 8.51. The molecule has 5 nitrogen and oxygen atoms in total. The number of ether oxygens (including phenoxy) is 1. The van der Waals surface area contributed by atoms with Crippen LogP contribution in [-0.2, 0) is 9.53 Å². The highest BCUT2D eigenvalue weighted by molar-refractivity contribution is 5.88. The maximum absolute atomic E-state index is 12.5. The summed E-state index contributed by atoms with van der Waals surface area (Å²) in [5, 5.41) is 3.05. The molecule has 0 aromatic carbocycles. The molecule has 1 heterocycles. The number of carbonyl (C=O) groups excluding carboxylic acids is 1. The predicted molar refractivity (Wildman–Crippen MR) is 93.9 cm³/mol. The van der Waals surface area contributed by atoms with E-state index in [1.165, 1.54) is 6.42 Å². The van der Waals surface area contributed by atoms with Gasteiger partial charge >= 0.3 is 0 Å². The Hall–Kier alpha value is -0.0700. The zero-order chi connectivity index (χ0) is 15.0. The van der Waals surface area contributed by atoms with Crippen LogP contribution in [0, 0.1) is 5.41 Å². The fourth-order valence-corrected chi connectivity index (χ4v) is 3.43. The van der Waals surface area contributed by atoms with E-state index >= 15 is 0 Å². The van der Waals surface area contributed by atoms with Crippen LogP contribution in [0.5, 0.6) is 0 Å². The lowest BCUT2D eigenvalue weighted by molar-refractivity contribution is -0.170. The van der Waals surface area contributed by atoms with Gasteiger partial charge in [-0.15, -0.1) is 24.8 Å². The molecule has 2 fully saturated rings. The summed E-state index contributed by atoms with van der Waals surface area (Å²) >= 11 is 0. The minimum atomic E-state index is -0.802. The van der Waals surface area contributed by atoms with Gasteiger partial charge in [0.2, 0.25) is 5.91 Å². The molecule has 132 valence electrons. The molecule has 2 rings (SSSR count). The monoisotopic (exact) mass is 355 g/mol. The van der Waals surface area contributed by atoms with Gasteiger partial charge in [0.15, 0.2) is 0 Å². The SMILES string of the molecule is CCOC1CC(N)(C(=O)NCC2CCCN2C)C1(C)C.Cl.Cl. The average molecular weight is 356 g/mol. The molecule has 0 aromatic heterocycles. The lowest BCUT2D eigenvalue weighted by Crippen LogP contribution is -2.76. The summed E-state index contributed by atoms with van der Waals surface area (Å²) in [5.74, 6) is -0.0289. The van der Waals surface area contributed by atoms with Crippen LogP contribution >= 0.6 is 24.8 Å². The molecule has 0 radical (unpaired) electrons. The summed E-state index contributed by atoms with van der Waals surface area (Å²) in [5.41, 5.74) is 5.25. The molecule has 1 aliphatic heterocycles. The number of rotatable bonds is 5. The van der Waals surface area contributed by atoms with Crippen molar-refractivity contribution < 1.29 is 9.53 Å². The number of nitrogens with zero attached hydrogens (tertiary/aromatic N) is 1. The molecule has 7 heteroatoms. The predicted octanol–water partition coefficient (Wildman–Crippen LogP) is 1.57. The standard InChI is InChI=1S/C15H29N3O2.2ClH/c1-5-20-12-9-15(16,14(12,2)3)13(19)17-10-11-7-6-8-18(11)4;;/h11-12H,5-10,16H2,1-4H3,(H,17,19);2*1H. The van der Waals surface area contributed by atoms with Crippen molar-refractivity contribution in [2.45, 2.75) is 57.7 Å². The second kappa shape index (κ2) is 8.15. The molecular formula is C15H31Cl2N3O2. The van der Waals surface area contributed by atoms with E-state index in [9.17, 15) is 4.79 Å². The van der Waals surface area contributed by atoms with E-state index in [1.54, 1.807) is 0 Å². The van der Waals surface area contributed by atoms with E-state index in [2.05, 4.69) is 17.3 Å². The van der Waals surface area contributed by atoms with E-state index in [4.69, 9.17) is 10.5 Å². The first-order valence-electron chi connectivity index (χ1n) is 7.72. The van der Waals surface area contributed by atoms with Crippen molar-refractivity contribution in [2.24, 2.45) is 11.1 Å². The van der Waals surface area contributed by atoms with Crippen molar-refractivity contribution in [1.29, 1.82) is 0 Å². The minimum absolute atomic E-state index is 0. The molecule has 0 bridgehead atoms. The van der Waals surface area contributed by atoms with Gasteiger partial charge in [0.25, 0.3) is 0 Å². The van der Waals surface area contributed by atoms with Crippen LogP contribution in [0.1, 0.15) is 40.0 Å². The fourth-order valence-electron chi connectivity index (χ4n) is 3.43. The van der Waals surface area contributed by atoms with E-state index < -0.39 is 5.54 Å². The lowest BCUT2D eigenvalue weighted by Gasteiger charge is -2.57. The quantitative estimate of drug-likeness (QED) is 0.785. The van der Waals surface area contributed by atoms with Crippen molar-refractivity contribution in [3.05, 3.63) is 0 Å². The molecule has 0 aromatic rings. The van der Waals surface area contributed by atoms with Gasteiger partial charge in [-0.25, -0.2) is 0 Å². The van der Waals surface area contributed by atoms with E-state index in [1.807, 2.05) is 20.8 Å². The molecule has 0 spiro atoms. The summed E-state index contributed by atoms with van der Waals surface area (Å²) in [6, 6.07) is 0.452. The number of hydrogen-bond donors (Lipinski definition) is 2. The highest BCUT2D eigenvalue weighted by Crippen LogP contribution is 2.49. The Morgan fingerprint density at radius 3 is 2.50 bits per heavy atom. The maximum atomic E-state index is 12.5. The van der Waals surface area contributed by atoms with Crippen LogP contribution in [0.4, 0.5) is 0 Å². The molecule has 3 atom stereocenters. The lowest BCUT2D eigenvalue weighted by atomic mass is 9.54. The first-order valence-corrected chi connectivity index (χ1v) is 7.72. The van der Waals surface area contributed by atoms with Gasteiger partial charge in [0.05, 0.1) is 6.10 Å². The number of likely N-dealkylation sites (N-methyl/N-ethyl adjacent to an activating group) is 1. The molecule has 1 amide bonds. The Bertz CT molecular complexity index is 382. The Balaban J connectivity index is 0.00000220. The minimum Gasteiger partial charge on any atom is -0.378 e. The Morgan fingerprint density at radius 1 is 1.41 bits per heavy atom. The summed E-state index contributed by atoms with van der Waals surface area (Å²) < 4.78 is 5.67. The van der Waals surface area contributed by atoms with Gasteiger partial charge in [-0.2, -0.15) is 0 Å². The van der Waals surface area contributed by atoms with Crippen molar-refractivity contribution >= 4 is 30.7 Å². The number of hydrogen-bond acceptors (Lipinski definition) is 4. The van der Waals surface area contributed by atoms with Crippen molar-refractivity contribution in [3.63, 3.8) is 0 Å². The van der Waals surface area contributed by atoms with E-state index in [0.29, 0.717) is 25.6 Å². The number of likely N-dealkylation sites (tertiary alicyclic amines) is 1. The highest BCUT2D eigenvalue weighted by Gasteiger charge is 2.62. The van der Waals surface area contributed by atoms with Gasteiger partial charge in [-0.1, -0.05) is 13.8 Å². The zero-order valence-corrected chi connectivity index (χ0v) is 15.7. The summed E-state index contributed by atoms with van der Waals surface area (Å²) in [6.07, 6.45) is 3.06. The largest absolute Gasteiger partial charge is 0.378 e. The highest BCUT2D eigenvalue weighted by atomic mass is 35.5. The van der Waals surface area contributed by atoms with Crippen molar-refractivity contribution in [2.75, 3.05) is 26.7 Å². The molecule has 1 saturated heterocycles. The van der Waals surface area contributed by atoms with Crippen molar-refractivity contribution in [3.8, 4) is 0 Å². The Morgan fingerprint density at radius 2 is 2.05 bits per heavy atom. The third kappa shape index (κ3) is 3.70. The first kappa shape index (κ1) is 21.9. The Kier molecular flexibility index (Phi) is 8.13. The third-order valence-corrected chi connectivity index (χ3v) is 5.40. The van der Waals surface area contributed by atoms with E-state index in [0.717, 1.165) is 13.0 Å². The first-order chi connectivity index (χ1) is 9.33. The average Bonchev–Trinajstić information content (AvgIpc) is 2.81. The number of amides is 1. The van der Waals surface area contributed by atoms with Crippen LogP contribution < -0.4 is 11.1 Å². The van der Waals surface area contributed by atoms with Gasteiger partial charge in [0, 0.05) is 31.0 Å². The van der Waals surface area contributed by atoms with Crippen LogP contribution in [-0.4, -0.2) is 55.2 Å². The van der Waals surface area contributed by atoms with Crippen LogP contribution in [0.3, 0.4) is 0 Å². The summed E-state index contributed by atoms with van der Waals surface area (Å²) in [4.78, 5) is 14.8. The number of nitrogens with two attached hydrogens (primary N) is 1. The van der Waals surface area contributed by atoms with Gasteiger partial charge in [0.1, 0.15) is 5.54 Å². The van der Waals surface area contributed by atoms with Gasteiger partial charge in [-0.05, 0) is 33.4 Å². The second-order valence-corrected chi connectivity index (χ2v) is 6.83. The zero-order valence-electron chi connectivity index (χ0n) is 14.1. The Labute approximate surface area is 146 Å². The molecule has 1 aliphatic carbocycles. The second-order valence-electron chi connectivity index (χ2n) is 6.83. The molecular weight excluding hydrogens is 325 g/mol. The number of halogens is 2. The normalized spacial score (nSPS) is 33.3. The van der Waals surface area contributed by atoms with Gasteiger partial charge < -0.3 is 20.7 Å². The van der Waals surface area contributed by atoms with Crippen LogP contribution in [0.15, 0.2) is 0 Å².